The second-order valence-electron chi connectivity index (χ2n) is 10.4. The summed E-state index contributed by atoms with van der Waals surface area (Å²) in [7, 11) is 1.93. The Hall–Kier alpha value is -3.14. The van der Waals surface area contributed by atoms with Crippen molar-refractivity contribution in [2.75, 3.05) is 11.5 Å². The average molecular weight is 516 g/mol. The first-order valence-electron chi connectivity index (χ1n) is 14.7. The van der Waals surface area contributed by atoms with E-state index in [0.29, 0.717) is 12.1 Å². The first kappa shape index (κ1) is 29.4. The van der Waals surface area contributed by atoms with Crippen LogP contribution in [-0.4, -0.2) is 12.5 Å². The molecular formula is C34H47N2O2+. The zero-order valence-corrected chi connectivity index (χ0v) is 23.6. The lowest BCUT2D eigenvalue weighted by atomic mass is 10.1. The summed E-state index contributed by atoms with van der Waals surface area (Å²) in [6.07, 6.45) is 19.9. The number of carbonyl (C=O) groups excluding carboxylic acids is 1. The van der Waals surface area contributed by atoms with Gasteiger partial charge in [-0.05, 0) is 42.3 Å². The van der Waals surface area contributed by atoms with E-state index in [2.05, 4.69) is 19.1 Å². The van der Waals surface area contributed by atoms with Crippen LogP contribution in [0.4, 0.5) is 5.69 Å². The number of carbonyl (C=O) groups is 1. The highest BCUT2D eigenvalue weighted by Crippen LogP contribution is 2.21. The van der Waals surface area contributed by atoms with Crippen LogP contribution in [0.15, 0.2) is 79.1 Å². The van der Waals surface area contributed by atoms with Crippen molar-refractivity contribution >= 4 is 11.6 Å². The van der Waals surface area contributed by atoms with E-state index in [4.69, 9.17) is 4.74 Å². The highest BCUT2D eigenvalue weighted by Gasteiger charge is 2.20. The Kier molecular flexibility index (Phi) is 13.5. The molecule has 3 rings (SSSR count). The number of benzene rings is 2. The van der Waals surface area contributed by atoms with E-state index in [9.17, 15) is 4.79 Å². The van der Waals surface area contributed by atoms with Crippen molar-refractivity contribution in [3.05, 3.63) is 90.3 Å². The number of hydrogen-bond acceptors (Lipinski definition) is 2. The van der Waals surface area contributed by atoms with E-state index in [0.717, 1.165) is 30.0 Å². The van der Waals surface area contributed by atoms with E-state index in [1.807, 2.05) is 83.5 Å². The lowest BCUT2D eigenvalue weighted by Gasteiger charge is -2.23. The summed E-state index contributed by atoms with van der Waals surface area (Å²) in [5.74, 6) is 0.879. The van der Waals surface area contributed by atoms with Crippen LogP contribution >= 0.6 is 0 Å². The van der Waals surface area contributed by atoms with E-state index < -0.39 is 0 Å². The normalized spacial score (nSPS) is 10.9. The van der Waals surface area contributed by atoms with Crippen LogP contribution in [0, 0.1) is 0 Å². The van der Waals surface area contributed by atoms with Gasteiger partial charge in [-0.3, -0.25) is 4.79 Å². The summed E-state index contributed by atoms with van der Waals surface area (Å²) in [5.41, 5.74) is 2.62. The highest BCUT2D eigenvalue weighted by atomic mass is 16.5. The minimum absolute atomic E-state index is 0.0142. The smallest absolute Gasteiger partial charge is 0.264 e. The maximum Gasteiger partial charge on any atom is 0.264 e. The molecule has 0 N–H and O–H groups in total. The molecule has 0 bridgehead atoms. The van der Waals surface area contributed by atoms with Gasteiger partial charge in [0.2, 0.25) is 0 Å². The third-order valence-electron chi connectivity index (χ3n) is 7.03. The number of para-hydroxylation sites is 1. The second-order valence-corrected chi connectivity index (χ2v) is 10.4. The zero-order chi connectivity index (χ0) is 26.8. The Morgan fingerprint density at radius 1 is 0.737 bits per heavy atom. The van der Waals surface area contributed by atoms with Crippen LogP contribution in [0.2, 0.25) is 0 Å². The minimum atomic E-state index is -0.0142. The van der Waals surface area contributed by atoms with Crippen LogP contribution in [0.1, 0.15) is 99.9 Å². The number of nitrogens with zero attached hydrogens (tertiary/aromatic N) is 2. The molecule has 0 saturated carbocycles. The summed E-state index contributed by atoms with van der Waals surface area (Å²) < 4.78 is 7.89. The molecule has 0 unspecified atom stereocenters. The van der Waals surface area contributed by atoms with Gasteiger partial charge in [-0.1, -0.05) is 108 Å². The van der Waals surface area contributed by atoms with Gasteiger partial charge in [-0.15, -0.1) is 0 Å². The Labute approximate surface area is 230 Å². The monoisotopic (exact) mass is 515 g/mol. The zero-order valence-electron chi connectivity index (χ0n) is 23.6. The molecule has 0 aliphatic rings. The van der Waals surface area contributed by atoms with E-state index in [-0.39, 0.29) is 5.91 Å². The fraction of sp³-hybridized carbons (Fsp3) is 0.471. The van der Waals surface area contributed by atoms with Gasteiger partial charge in [-0.25, -0.2) is 4.57 Å². The van der Waals surface area contributed by atoms with Crippen molar-refractivity contribution < 1.29 is 14.1 Å². The van der Waals surface area contributed by atoms with Gasteiger partial charge in [0.1, 0.15) is 18.4 Å². The fourth-order valence-corrected chi connectivity index (χ4v) is 4.77. The number of pyridine rings is 1. The maximum atomic E-state index is 13.4. The van der Waals surface area contributed by atoms with Crippen LogP contribution in [0.25, 0.3) is 0 Å². The standard InChI is InChI=1S/C34H47N2O2/c1-3-4-5-6-7-8-9-10-11-12-13-17-27-38-33-24-22-30(23-25-33)28-36(32-20-15-14-16-21-32)34(37)31-19-18-26-35(2)29-31/h14-16,18-26,29H,3-13,17,27-28H2,1-2H3/q+1. The molecule has 0 spiro atoms. The SMILES string of the molecule is CCCCCCCCCCCCCCOc1ccc(CN(C(=O)c2ccc[n+](C)c2)c2ccccc2)cc1. The second kappa shape index (κ2) is 17.4. The molecule has 3 aromatic rings. The van der Waals surface area contributed by atoms with Gasteiger partial charge in [0.05, 0.1) is 13.2 Å². The Morgan fingerprint density at radius 3 is 1.95 bits per heavy atom. The molecule has 204 valence electrons. The number of amides is 1. The summed E-state index contributed by atoms with van der Waals surface area (Å²) in [4.78, 5) is 15.2. The predicted molar refractivity (Wildman–Crippen MR) is 158 cm³/mol. The van der Waals surface area contributed by atoms with Crippen LogP contribution in [0.5, 0.6) is 5.75 Å². The van der Waals surface area contributed by atoms with Gasteiger partial charge in [0.15, 0.2) is 12.4 Å². The van der Waals surface area contributed by atoms with Gasteiger partial charge < -0.3 is 9.64 Å². The number of aryl methyl sites for hydroxylation is 1. The largest absolute Gasteiger partial charge is 0.494 e. The van der Waals surface area contributed by atoms with Crippen molar-refractivity contribution in [1.29, 1.82) is 0 Å². The molecule has 0 atom stereocenters. The summed E-state index contributed by atoms with van der Waals surface area (Å²) >= 11 is 0. The molecular weight excluding hydrogens is 468 g/mol. The van der Waals surface area contributed by atoms with Crippen molar-refractivity contribution in [3.8, 4) is 5.75 Å². The Balaban J connectivity index is 1.39. The predicted octanol–water partition coefficient (Wildman–Crippen LogP) is 8.44. The van der Waals surface area contributed by atoms with Gasteiger partial charge in [0.25, 0.3) is 5.91 Å². The average Bonchev–Trinajstić information content (AvgIpc) is 2.95. The number of hydrogen-bond donors (Lipinski definition) is 0. The number of rotatable bonds is 18. The lowest BCUT2D eigenvalue weighted by molar-refractivity contribution is -0.671. The maximum absolute atomic E-state index is 13.4. The van der Waals surface area contributed by atoms with Gasteiger partial charge in [0, 0.05) is 11.8 Å². The number of aromatic nitrogens is 1. The summed E-state index contributed by atoms with van der Waals surface area (Å²) in [6, 6.07) is 21.8. The first-order valence-corrected chi connectivity index (χ1v) is 14.7. The summed E-state index contributed by atoms with van der Waals surface area (Å²) in [5, 5.41) is 0. The molecule has 4 nitrogen and oxygen atoms in total. The molecule has 2 aromatic carbocycles. The van der Waals surface area contributed by atoms with Crippen LogP contribution < -0.4 is 14.2 Å². The van der Waals surface area contributed by atoms with E-state index >= 15 is 0 Å². The molecule has 0 aliphatic carbocycles. The van der Waals surface area contributed by atoms with Crippen molar-refractivity contribution in [3.63, 3.8) is 0 Å². The van der Waals surface area contributed by atoms with Crippen LogP contribution in [0.3, 0.4) is 0 Å². The minimum Gasteiger partial charge on any atom is -0.494 e. The lowest BCUT2D eigenvalue weighted by Crippen LogP contribution is -2.34. The summed E-state index contributed by atoms with van der Waals surface area (Å²) in [6.45, 7) is 3.54. The number of unbranched alkanes of at least 4 members (excludes halogenated alkanes) is 11. The molecule has 1 heterocycles. The quantitative estimate of drug-likeness (QED) is 0.126. The fourth-order valence-electron chi connectivity index (χ4n) is 4.77. The van der Waals surface area contributed by atoms with Crippen LogP contribution in [-0.2, 0) is 13.6 Å². The van der Waals surface area contributed by atoms with E-state index in [1.54, 1.807) is 0 Å². The van der Waals surface area contributed by atoms with Crippen molar-refractivity contribution in [2.24, 2.45) is 7.05 Å². The van der Waals surface area contributed by atoms with Gasteiger partial charge >= 0.3 is 0 Å². The molecule has 0 saturated heterocycles. The molecule has 0 radical (unpaired) electrons. The number of anilines is 1. The number of ether oxygens (including phenoxy) is 1. The topological polar surface area (TPSA) is 33.4 Å². The van der Waals surface area contributed by atoms with Crippen molar-refractivity contribution in [2.45, 2.75) is 90.5 Å². The Bertz CT molecular complexity index is 1050. The van der Waals surface area contributed by atoms with Crippen molar-refractivity contribution in [1.82, 2.24) is 0 Å². The molecule has 0 fully saturated rings. The first-order chi connectivity index (χ1) is 18.7. The molecule has 1 amide bonds. The third kappa shape index (κ3) is 10.7. The molecule has 0 aliphatic heterocycles. The van der Waals surface area contributed by atoms with E-state index in [1.165, 1.54) is 70.6 Å². The highest BCUT2D eigenvalue weighted by molar-refractivity contribution is 6.05. The molecule has 1 aromatic heterocycles. The van der Waals surface area contributed by atoms with Gasteiger partial charge in [-0.2, -0.15) is 0 Å². The third-order valence-corrected chi connectivity index (χ3v) is 7.03. The Morgan fingerprint density at radius 2 is 1.34 bits per heavy atom. The molecule has 38 heavy (non-hydrogen) atoms. The molecule has 4 heteroatoms.